The monoisotopic (exact) mass is 941 g/mol. The van der Waals surface area contributed by atoms with Crippen molar-refractivity contribution in [2.24, 2.45) is 0 Å². The van der Waals surface area contributed by atoms with Crippen molar-refractivity contribution >= 4 is 69.4 Å². The molecule has 0 bridgehead atoms. The van der Waals surface area contributed by atoms with Crippen LogP contribution in [0.15, 0.2) is 41.3 Å². The van der Waals surface area contributed by atoms with Crippen molar-refractivity contribution in [1.82, 2.24) is 35.4 Å². The molecule has 0 radical (unpaired) electrons. The van der Waals surface area contributed by atoms with E-state index in [-0.39, 0.29) is 76.4 Å². The van der Waals surface area contributed by atoms with Gasteiger partial charge in [0.05, 0.1) is 35.2 Å². The molecule has 356 valence electrons. The molecule has 1 unspecified atom stereocenters. The van der Waals surface area contributed by atoms with E-state index in [4.69, 9.17) is 21.1 Å². The normalized spacial score (nSPS) is 20.7. The number of pyridine rings is 1. The fourth-order valence-corrected chi connectivity index (χ4v) is 9.95. The average Bonchev–Trinajstić information content (AvgIpc) is 3.29. The minimum atomic E-state index is -0.837. The van der Waals surface area contributed by atoms with Crippen LogP contribution >= 0.6 is 11.6 Å². The Bertz CT molecular complexity index is 2660. The molecule has 19 heteroatoms. The highest BCUT2D eigenvalue weighted by molar-refractivity contribution is 6.33. The average molecular weight is 942 g/mol. The molecule has 1 saturated carbocycles. The maximum absolute atomic E-state index is 16.2. The van der Waals surface area contributed by atoms with Gasteiger partial charge in [0.25, 0.3) is 17.4 Å². The molecule has 4 N–H and O–H groups in total. The van der Waals surface area contributed by atoms with Crippen molar-refractivity contribution in [3.8, 4) is 5.75 Å². The van der Waals surface area contributed by atoms with Crippen molar-refractivity contribution in [2.45, 2.75) is 115 Å². The summed E-state index contributed by atoms with van der Waals surface area (Å²) >= 11 is 6.53. The number of aromatic nitrogens is 3. The van der Waals surface area contributed by atoms with Crippen LogP contribution in [0.2, 0.25) is 5.02 Å². The zero-order valence-corrected chi connectivity index (χ0v) is 39.1. The van der Waals surface area contributed by atoms with Gasteiger partial charge in [0.2, 0.25) is 17.8 Å². The first-order chi connectivity index (χ1) is 32.1. The molecule has 2 aromatic carbocycles. The highest BCUT2D eigenvalue weighted by atomic mass is 35.5. The first-order valence-corrected chi connectivity index (χ1v) is 23.4. The van der Waals surface area contributed by atoms with Crippen molar-refractivity contribution in [2.75, 3.05) is 50.1 Å². The van der Waals surface area contributed by atoms with Crippen LogP contribution in [0, 0.1) is 12.7 Å². The Morgan fingerprint density at radius 3 is 2.39 bits per heavy atom. The highest BCUT2D eigenvalue weighted by Gasteiger charge is 2.39. The number of hydrogen-bond acceptors (Lipinski definition) is 13. The number of benzene rings is 2. The van der Waals surface area contributed by atoms with Crippen molar-refractivity contribution in [1.29, 1.82) is 0 Å². The van der Waals surface area contributed by atoms with Gasteiger partial charge >= 0.3 is 0 Å². The second-order valence-corrected chi connectivity index (χ2v) is 18.6. The maximum Gasteiger partial charge on any atom is 0.293 e. The van der Waals surface area contributed by atoms with Gasteiger partial charge in [-0.2, -0.15) is 4.98 Å². The lowest BCUT2D eigenvalue weighted by atomic mass is 9.81. The van der Waals surface area contributed by atoms with Gasteiger partial charge in [0, 0.05) is 49.6 Å². The minimum Gasteiger partial charge on any atom is -0.478 e. The lowest BCUT2D eigenvalue weighted by Gasteiger charge is -2.47. The number of imide groups is 1. The fourth-order valence-electron chi connectivity index (χ4n) is 9.81. The molecular weight excluding hydrogens is 885 g/mol. The number of piperidine rings is 3. The predicted molar refractivity (Wildman–Crippen MR) is 250 cm³/mol. The number of Topliss-reactive ketones (excluding diaryl/α,β-unsaturated/α-hetero) is 1. The molecular formula is C48H57ClFN9O8. The molecule has 1 aliphatic carbocycles. The summed E-state index contributed by atoms with van der Waals surface area (Å²) in [7, 11) is 1.45. The number of nitrogens with zero attached hydrogens (tertiary/aromatic N) is 5. The second kappa shape index (κ2) is 20.1. The standard InChI is InChI=1S/C48H57ClFN9O8/c1-25(2)59-38-10-8-36(43(50)34(38)22-39(47(59)65)66-24-41(62)51-5)53-44-35(49)23-52-48(56-44)58-18-14-30(15-19-58)67-31-20-29(21-31)57-16-12-28(13-17-57)32-6-7-33(27(4)60)42(26(32)3)46(64)54-37-9-11-40(61)55-45(37)63/h6-8,10,22-23,25,28-31,37H,9,11-21,24H2,1-5H3,(H,51,62)(H,54,64)(H,52,53,56)(H,55,61,63). The van der Waals surface area contributed by atoms with E-state index in [1.54, 1.807) is 26.0 Å². The number of likely N-dealkylation sites (tertiary alicyclic amines) is 1. The van der Waals surface area contributed by atoms with Gasteiger partial charge in [-0.3, -0.25) is 34.1 Å². The first-order valence-electron chi connectivity index (χ1n) is 23.0. The fraction of sp³-hybridized carbons (Fsp3) is 0.500. The molecule has 17 nitrogen and oxygen atoms in total. The summed E-state index contributed by atoms with van der Waals surface area (Å²) in [5, 5.41) is 10.8. The molecule has 8 rings (SSSR count). The lowest BCUT2D eigenvalue weighted by Crippen LogP contribution is -2.52. The summed E-state index contributed by atoms with van der Waals surface area (Å²) in [5.41, 5.74) is 2.38. The van der Waals surface area contributed by atoms with E-state index >= 15 is 4.39 Å². The van der Waals surface area contributed by atoms with Crippen molar-refractivity contribution < 1.29 is 37.8 Å². The molecule has 2 aromatic heterocycles. The summed E-state index contributed by atoms with van der Waals surface area (Å²) in [5.74, 6) is -1.94. The maximum atomic E-state index is 16.2. The van der Waals surface area contributed by atoms with E-state index in [0.29, 0.717) is 41.7 Å². The van der Waals surface area contributed by atoms with Crippen molar-refractivity contribution in [3.63, 3.8) is 0 Å². The molecule has 67 heavy (non-hydrogen) atoms. The van der Waals surface area contributed by atoms with Crippen LogP contribution in [0.5, 0.6) is 5.75 Å². The van der Waals surface area contributed by atoms with Crippen LogP contribution in [0.4, 0.5) is 21.8 Å². The van der Waals surface area contributed by atoms with Gasteiger partial charge in [0.1, 0.15) is 11.1 Å². The SMILES string of the molecule is CNC(=O)COc1cc2c(F)c(Nc3nc(N4CCC(OC5CC(N6CCC(c7ccc(C(C)=O)c(C(=O)NC8CCC(=O)NC8=O)c7C)CC6)C5)CC4)ncc3Cl)ccc2n(C(C)C)c1=O. The minimum absolute atomic E-state index is 0.0842. The Kier molecular flexibility index (Phi) is 14.2. The Morgan fingerprint density at radius 1 is 0.985 bits per heavy atom. The number of carbonyl (C=O) groups excluding carboxylic acids is 5. The van der Waals surface area contributed by atoms with Crippen LogP contribution in [0.1, 0.15) is 116 Å². The largest absolute Gasteiger partial charge is 0.478 e. The topological polar surface area (TPSA) is 206 Å². The number of nitrogens with one attached hydrogen (secondary N) is 4. The van der Waals surface area contributed by atoms with E-state index in [0.717, 1.165) is 62.7 Å². The molecule has 4 amide bonds. The summed E-state index contributed by atoms with van der Waals surface area (Å²) in [6, 6.07) is 7.46. The van der Waals surface area contributed by atoms with E-state index in [1.165, 1.54) is 36.9 Å². The quantitative estimate of drug-likeness (QED) is 0.0915. The Morgan fingerprint density at radius 2 is 1.72 bits per heavy atom. The lowest BCUT2D eigenvalue weighted by molar-refractivity contribution is -0.134. The third-order valence-corrected chi connectivity index (χ3v) is 13.9. The molecule has 3 saturated heterocycles. The van der Waals surface area contributed by atoms with Crippen LogP contribution in [0.3, 0.4) is 0 Å². The molecule has 4 aliphatic rings. The number of halogens is 2. The van der Waals surface area contributed by atoms with Gasteiger partial charge in [-0.15, -0.1) is 0 Å². The van der Waals surface area contributed by atoms with E-state index in [1.807, 2.05) is 13.0 Å². The number of hydrogen-bond donors (Lipinski definition) is 4. The molecule has 4 aromatic rings. The Labute approximate surface area is 392 Å². The highest BCUT2D eigenvalue weighted by Crippen LogP contribution is 2.38. The summed E-state index contributed by atoms with van der Waals surface area (Å²) in [4.78, 5) is 89.0. The van der Waals surface area contributed by atoms with Gasteiger partial charge in [-0.25, -0.2) is 9.37 Å². The van der Waals surface area contributed by atoms with Gasteiger partial charge < -0.3 is 39.8 Å². The van der Waals surface area contributed by atoms with Crippen LogP contribution in [-0.2, 0) is 19.1 Å². The predicted octanol–water partition coefficient (Wildman–Crippen LogP) is 5.48. The third-order valence-electron chi connectivity index (χ3n) is 13.6. The molecule has 0 spiro atoms. The van der Waals surface area contributed by atoms with E-state index < -0.39 is 41.7 Å². The zero-order chi connectivity index (χ0) is 47.7. The number of rotatable bonds is 14. The van der Waals surface area contributed by atoms with E-state index in [2.05, 4.69) is 41.0 Å². The van der Waals surface area contributed by atoms with Gasteiger partial charge in [-0.1, -0.05) is 23.7 Å². The smallest absolute Gasteiger partial charge is 0.293 e. The number of fused-ring (bicyclic) bond motifs is 1. The summed E-state index contributed by atoms with van der Waals surface area (Å²) in [6.07, 6.45) is 7.44. The Hall–Kier alpha value is -5.98. The first kappa shape index (κ1) is 47.5. The number of ether oxygens (including phenoxy) is 2. The number of ketones is 1. The summed E-state index contributed by atoms with van der Waals surface area (Å²) < 4.78 is 29.8. The van der Waals surface area contributed by atoms with Gasteiger partial charge in [0.15, 0.2) is 29.8 Å². The zero-order valence-electron chi connectivity index (χ0n) is 38.4. The van der Waals surface area contributed by atoms with Crippen LogP contribution < -0.4 is 36.5 Å². The van der Waals surface area contributed by atoms with Crippen LogP contribution in [0.25, 0.3) is 10.9 Å². The molecule has 1 atom stereocenters. The van der Waals surface area contributed by atoms with Gasteiger partial charge in [-0.05, 0) is 121 Å². The summed E-state index contributed by atoms with van der Waals surface area (Å²) in [6.45, 7) is 9.67. The van der Waals surface area contributed by atoms with E-state index in [9.17, 15) is 28.8 Å². The number of likely N-dealkylation sites (N-methyl/N-ethyl adjacent to an activating group) is 1. The second-order valence-electron chi connectivity index (χ2n) is 18.2. The number of anilines is 3. The Balaban J connectivity index is 0.828. The molecule has 3 aliphatic heterocycles. The number of amides is 4. The van der Waals surface area contributed by atoms with Crippen LogP contribution in [-0.4, -0.2) is 113 Å². The molecule has 5 heterocycles. The molecule has 4 fully saturated rings. The third kappa shape index (κ3) is 10.2. The number of carbonyl (C=O) groups is 5. The van der Waals surface area contributed by atoms with Crippen molar-refractivity contribution in [3.05, 3.63) is 80.0 Å².